The topological polar surface area (TPSA) is 0 Å². The van der Waals surface area contributed by atoms with E-state index in [1.807, 2.05) is 0 Å². The summed E-state index contributed by atoms with van der Waals surface area (Å²) < 4.78 is 0. The van der Waals surface area contributed by atoms with Crippen LogP contribution in [-0.2, 0) is 6.42 Å². The van der Waals surface area contributed by atoms with Gasteiger partial charge in [-0.05, 0) is 73.2 Å². The number of hydrogen-bond acceptors (Lipinski definition) is 0. The molecule has 4 aliphatic rings. The molecule has 0 saturated heterocycles. The van der Waals surface area contributed by atoms with E-state index in [4.69, 9.17) is 0 Å². The van der Waals surface area contributed by atoms with Crippen molar-refractivity contribution in [1.82, 2.24) is 0 Å². The third-order valence-corrected chi connectivity index (χ3v) is 7.62. The molecule has 1 heteroatoms. The molecule has 4 fully saturated rings. The largest absolute Gasteiger partial charge is 0.0881 e. The van der Waals surface area contributed by atoms with Crippen LogP contribution in [0.25, 0.3) is 0 Å². The Morgan fingerprint density at radius 2 is 1.75 bits per heavy atom. The molecule has 4 bridgehead atoms. The van der Waals surface area contributed by atoms with Crippen molar-refractivity contribution in [3.63, 3.8) is 0 Å². The van der Waals surface area contributed by atoms with Crippen LogP contribution in [0.1, 0.15) is 51.0 Å². The molecule has 0 heterocycles. The fourth-order valence-electron chi connectivity index (χ4n) is 6.20. The highest BCUT2D eigenvalue weighted by atomic mass is 79.9. The lowest BCUT2D eigenvalue weighted by Gasteiger charge is -2.63. The first-order valence-corrected chi connectivity index (χ1v) is 9.17. The minimum absolute atomic E-state index is 0.592. The molecule has 0 spiro atoms. The molecule has 108 valence electrons. The van der Waals surface area contributed by atoms with Crippen molar-refractivity contribution in [2.45, 2.75) is 56.7 Å². The third-order valence-electron chi connectivity index (χ3n) is 6.32. The Morgan fingerprint density at radius 3 is 2.35 bits per heavy atom. The molecule has 3 atom stereocenters. The van der Waals surface area contributed by atoms with Gasteiger partial charge in [0, 0.05) is 4.83 Å². The van der Waals surface area contributed by atoms with Crippen LogP contribution in [0.5, 0.6) is 0 Å². The second-order valence-corrected chi connectivity index (χ2v) is 9.40. The molecule has 20 heavy (non-hydrogen) atoms. The van der Waals surface area contributed by atoms with Crippen LogP contribution in [0.4, 0.5) is 0 Å². The number of hydrogen-bond donors (Lipinski definition) is 0. The van der Waals surface area contributed by atoms with Crippen molar-refractivity contribution >= 4 is 15.9 Å². The number of rotatable bonds is 3. The highest BCUT2D eigenvalue weighted by molar-refractivity contribution is 9.09. The predicted molar refractivity (Wildman–Crippen MR) is 88.1 cm³/mol. The van der Waals surface area contributed by atoms with Crippen LogP contribution < -0.4 is 0 Å². The van der Waals surface area contributed by atoms with Crippen molar-refractivity contribution in [2.75, 3.05) is 0 Å². The minimum Gasteiger partial charge on any atom is -0.0881 e. The fourth-order valence-corrected chi connectivity index (χ4v) is 7.11. The average Bonchev–Trinajstić information content (AvgIpc) is 2.37. The number of halogens is 1. The van der Waals surface area contributed by atoms with E-state index in [0.29, 0.717) is 15.7 Å². The van der Waals surface area contributed by atoms with Gasteiger partial charge in [-0.15, -0.1) is 0 Å². The van der Waals surface area contributed by atoms with Gasteiger partial charge in [-0.2, -0.15) is 0 Å². The maximum atomic E-state index is 4.13. The maximum Gasteiger partial charge on any atom is 0.0242 e. The zero-order chi connectivity index (χ0) is 13.8. The Hall–Kier alpha value is -0.300. The first-order valence-electron chi connectivity index (χ1n) is 8.25. The van der Waals surface area contributed by atoms with E-state index in [0.717, 1.165) is 11.8 Å². The van der Waals surface area contributed by atoms with Gasteiger partial charge in [0.1, 0.15) is 0 Å². The van der Waals surface area contributed by atoms with E-state index in [2.05, 4.69) is 53.2 Å². The first kappa shape index (κ1) is 13.4. The molecule has 0 N–H and O–H groups in total. The summed E-state index contributed by atoms with van der Waals surface area (Å²) in [7, 11) is 0. The molecular weight excluding hydrogens is 308 g/mol. The second-order valence-electron chi connectivity index (χ2n) is 8.29. The SMILES string of the molecule is CC12CC3CC(C1)CC(C(Br)Cc1ccccc1)(C3)C2. The second kappa shape index (κ2) is 4.60. The summed E-state index contributed by atoms with van der Waals surface area (Å²) >= 11 is 4.13. The van der Waals surface area contributed by atoms with Crippen molar-refractivity contribution in [1.29, 1.82) is 0 Å². The summed E-state index contributed by atoms with van der Waals surface area (Å²) in [6.45, 7) is 2.57. The third kappa shape index (κ3) is 2.17. The Balaban J connectivity index is 1.58. The van der Waals surface area contributed by atoms with Crippen LogP contribution in [0.3, 0.4) is 0 Å². The molecule has 0 aliphatic heterocycles. The highest BCUT2D eigenvalue weighted by Crippen LogP contribution is 2.67. The van der Waals surface area contributed by atoms with Crippen LogP contribution in [-0.4, -0.2) is 4.83 Å². The summed E-state index contributed by atoms with van der Waals surface area (Å²) in [5, 5.41) is 0. The van der Waals surface area contributed by atoms with Gasteiger partial charge in [-0.1, -0.05) is 53.2 Å². The summed E-state index contributed by atoms with van der Waals surface area (Å²) in [5.41, 5.74) is 2.75. The standard InChI is InChI=1S/C19H25Br/c1-18-9-15-7-16(10-18)12-19(11-15,13-18)17(20)8-14-5-3-2-4-6-14/h2-6,15-17H,7-13H2,1H3. The lowest BCUT2D eigenvalue weighted by atomic mass is 9.44. The Labute approximate surface area is 131 Å². The van der Waals surface area contributed by atoms with Gasteiger partial charge < -0.3 is 0 Å². The smallest absolute Gasteiger partial charge is 0.0242 e. The van der Waals surface area contributed by atoms with Gasteiger partial charge in [0.25, 0.3) is 0 Å². The molecule has 1 aromatic rings. The minimum atomic E-state index is 0.592. The molecule has 5 rings (SSSR count). The Bertz CT molecular complexity index is 478. The lowest BCUT2D eigenvalue weighted by Crippen LogP contribution is -2.54. The molecular formula is C19H25Br. The first-order chi connectivity index (χ1) is 9.57. The van der Waals surface area contributed by atoms with Gasteiger partial charge in [0.05, 0.1) is 0 Å². The van der Waals surface area contributed by atoms with E-state index in [-0.39, 0.29) is 0 Å². The fraction of sp³-hybridized carbons (Fsp3) is 0.684. The zero-order valence-corrected chi connectivity index (χ0v) is 14.0. The molecule has 1 aromatic carbocycles. The normalized spacial score (nSPS) is 43.7. The lowest BCUT2D eigenvalue weighted by molar-refractivity contribution is -0.101. The van der Waals surface area contributed by atoms with E-state index >= 15 is 0 Å². The van der Waals surface area contributed by atoms with E-state index in [1.165, 1.54) is 50.5 Å². The van der Waals surface area contributed by atoms with Gasteiger partial charge in [-0.25, -0.2) is 0 Å². The molecule has 0 aromatic heterocycles. The summed E-state index contributed by atoms with van der Waals surface area (Å²) in [6, 6.07) is 11.1. The predicted octanol–water partition coefficient (Wildman–Crippen LogP) is 5.60. The molecule has 4 aliphatic carbocycles. The Morgan fingerprint density at radius 1 is 1.10 bits per heavy atom. The monoisotopic (exact) mass is 332 g/mol. The Kier molecular flexibility index (Phi) is 3.07. The number of benzene rings is 1. The number of alkyl halides is 1. The van der Waals surface area contributed by atoms with Crippen molar-refractivity contribution in [3.05, 3.63) is 35.9 Å². The van der Waals surface area contributed by atoms with Gasteiger partial charge in [0.2, 0.25) is 0 Å². The van der Waals surface area contributed by atoms with Gasteiger partial charge in [0.15, 0.2) is 0 Å². The van der Waals surface area contributed by atoms with Crippen molar-refractivity contribution < 1.29 is 0 Å². The molecule has 3 unspecified atom stereocenters. The zero-order valence-electron chi connectivity index (χ0n) is 12.4. The van der Waals surface area contributed by atoms with Gasteiger partial charge in [-0.3, -0.25) is 0 Å². The van der Waals surface area contributed by atoms with Crippen LogP contribution in [0, 0.1) is 22.7 Å². The summed E-state index contributed by atoms with van der Waals surface area (Å²) in [4.78, 5) is 0.669. The molecule has 0 amide bonds. The van der Waals surface area contributed by atoms with Crippen molar-refractivity contribution in [2.24, 2.45) is 22.7 Å². The van der Waals surface area contributed by atoms with Crippen LogP contribution in [0.2, 0.25) is 0 Å². The van der Waals surface area contributed by atoms with Crippen LogP contribution in [0.15, 0.2) is 30.3 Å². The quantitative estimate of drug-likeness (QED) is 0.632. The average molecular weight is 333 g/mol. The van der Waals surface area contributed by atoms with E-state index in [1.54, 1.807) is 0 Å². The summed E-state index contributed by atoms with van der Waals surface area (Å²) in [5.74, 6) is 2.05. The van der Waals surface area contributed by atoms with Gasteiger partial charge >= 0.3 is 0 Å². The molecule has 0 radical (unpaired) electrons. The van der Waals surface area contributed by atoms with Crippen molar-refractivity contribution in [3.8, 4) is 0 Å². The highest BCUT2D eigenvalue weighted by Gasteiger charge is 2.57. The van der Waals surface area contributed by atoms with E-state index < -0.39 is 0 Å². The maximum absolute atomic E-state index is 4.13. The molecule has 0 nitrogen and oxygen atoms in total. The van der Waals surface area contributed by atoms with E-state index in [9.17, 15) is 0 Å². The summed E-state index contributed by atoms with van der Waals surface area (Å²) in [6.07, 6.45) is 10.2. The molecule has 4 saturated carbocycles. The van der Waals surface area contributed by atoms with Crippen LogP contribution >= 0.6 is 15.9 Å².